The fraction of sp³-hybridized carbons (Fsp3) is 0.250. The van der Waals surface area contributed by atoms with E-state index in [0.717, 1.165) is 12.8 Å². The maximum atomic E-state index is 10.6. The van der Waals surface area contributed by atoms with Gasteiger partial charge in [-0.2, -0.15) is 0 Å². The Morgan fingerprint density at radius 2 is 1.88 bits per heavy atom. The predicted octanol–water partition coefficient (Wildman–Crippen LogP) is 2.05. The largest absolute Gasteiger partial charge is 0.493 e. The molecule has 0 fully saturated rings. The molecule has 1 rings (SSSR count). The van der Waals surface area contributed by atoms with Gasteiger partial charge < -0.3 is 4.74 Å². The van der Waals surface area contributed by atoms with Crippen molar-refractivity contribution in [3.05, 3.63) is 36.2 Å². The van der Waals surface area contributed by atoms with Crippen molar-refractivity contribution in [3.63, 3.8) is 0 Å². The molecule has 0 aliphatic heterocycles. The Hall–Kier alpha value is -1.97. The van der Waals surface area contributed by atoms with Gasteiger partial charge in [-0.25, -0.2) is 4.98 Å². The SMILES string of the molecule is C=CCCCOc1cc(C=O)nc(C=O)c1. The first kappa shape index (κ1) is 12.1. The first-order valence-corrected chi connectivity index (χ1v) is 4.96. The molecule has 0 N–H and O–H groups in total. The number of carbonyl (C=O) groups is 2. The molecule has 0 radical (unpaired) electrons. The Morgan fingerprint density at radius 3 is 2.38 bits per heavy atom. The van der Waals surface area contributed by atoms with Crippen LogP contribution in [-0.4, -0.2) is 24.2 Å². The molecule has 0 spiro atoms. The lowest BCUT2D eigenvalue weighted by atomic mass is 10.3. The molecule has 4 heteroatoms. The summed E-state index contributed by atoms with van der Waals surface area (Å²) in [7, 11) is 0. The van der Waals surface area contributed by atoms with Crippen molar-refractivity contribution < 1.29 is 14.3 Å². The molecule has 16 heavy (non-hydrogen) atoms. The van der Waals surface area contributed by atoms with Crippen molar-refractivity contribution in [3.8, 4) is 5.75 Å². The van der Waals surface area contributed by atoms with Crippen molar-refractivity contribution >= 4 is 12.6 Å². The van der Waals surface area contributed by atoms with E-state index < -0.39 is 0 Å². The highest BCUT2D eigenvalue weighted by Gasteiger charge is 2.02. The number of hydrogen-bond acceptors (Lipinski definition) is 4. The number of allylic oxidation sites excluding steroid dienone is 1. The van der Waals surface area contributed by atoms with Crippen LogP contribution < -0.4 is 4.74 Å². The highest BCUT2D eigenvalue weighted by atomic mass is 16.5. The Morgan fingerprint density at radius 1 is 1.25 bits per heavy atom. The van der Waals surface area contributed by atoms with E-state index in [9.17, 15) is 9.59 Å². The number of unbranched alkanes of at least 4 members (excludes halogenated alkanes) is 1. The third kappa shape index (κ3) is 3.65. The van der Waals surface area contributed by atoms with Gasteiger partial charge in [-0.05, 0) is 12.8 Å². The van der Waals surface area contributed by atoms with Gasteiger partial charge in [-0.1, -0.05) is 6.08 Å². The average molecular weight is 219 g/mol. The van der Waals surface area contributed by atoms with Crippen LogP contribution in [0.4, 0.5) is 0 Å². The van der Waals surface area contributed by atoms with Gasteiger partial charge in [0.25, 0.3) is 0 Å². The Kier molecular flexibility index (Phi) is 4.92. The molecule has 0 saturated heterocycles. The highest BCUT2D eigenvalue weighted by molar-refractivity contribution is 5.78. The number of rotatable bonds is 7. The van der Waals surface area contributed by atoms with E-state index in [-0.39, 0.29) is 11.4 Å². The first-order chi connectivity index (χ1) is 7.80. The zero-order valence-corrected chi connectivity index (χ0v) is 8.89. The maximum absolute atomic E-state index is 10.6. The standard InChI is InChI=1S/C12H13NO3/c1-2-3-4-5-16-12-6-10(8-14)13-11(7-12)9-15/h2,6-9H,1,3-5H2. The second-order valence-electron chi connectivity index (χ2n) is 3.17. The van der Waals surface area contributed by atoms with E-state index in [1.807, 2.05) is 6.08 Å². The van der Waals surface area contributed by atoms with Gasteiger partial charge in [0.15, 0.2) is 12.6 Å². The number of ether oxygens (including phenoxy) is 1. The molecule has 4 nitrogen and oxygen atoms in total. The Labute approximate surface area is 94.0 Å². The number of pyridine rings is 1. The van der Waals surface area contributed by atoms with Gasteiger partial charge in [0.1, 0.15) is 17.1 Å². The Balaban J connectivity index is 2.67. The lowest BCUT2D eigenvalue weighted by molar-refractivity contribution is 0.111. The van der Waals surface area contributed by atoms with Crippen molar-refractivity contribution in [2.24, 2.45) is 0 Å². The van der Waals surface area contributed by atoms with Crippen molar-refractivity contribution in [2.45, 2.75) is 12.8 Å². The van der Waals surface area contributed by atoms with E-state index in [1.165, 1.54) is 12.1 Å². The fourth-order valence-corrected chi connectivity index (χ4v) is 1.17. The summed E-state index contributed by atoms with van der Waals surface area (Å²) in [5.41, 5.74) is 0.395. The number of hydrogen-bond donors (Lipinski definition) is 0. The zero-order chi connectivity index (χ0) is 11.8. The molecular weight excluding hydrogens is 206 g/mol. The van der Waals surface area contributed by atoms with E-state index in [0.29, 0.717) is 24.9 Å². The second kappa shape index (κ2) is 6.50. The molecule has 1 aromatic rings. The van der Waals surface area contributed by atoms with Gasteiger partial charge in [-0.3, -0.25) is 9.59 Å². The number of carbonyl (C=O) groups excluding carboxylic acids is 2. The molecule has 0 amide bonds. The normalized spacial score (nSPS) is 9.50. The predicted molar refractivity (Wildman–Crippen MR) is 59.9 cm³/mol. The van der Waals surface area contributed by atoms with Crippen LogP contribution in [0.3, 0.4) is 0 Å². The van der Waals surface area contributed by atoms with Crippen LogP contribution in [0.5, 0.6) is 5.75 Å². The molecule has 0 atom stereocenters. The molecule has 0 aromatic carbocycles. The maximum Gasteiger partial charge on any atom is 0.168 e. The fourth-order valence-electron chi connectivity index (χ4n) is 1.17. The highest BCUT2D eigenvalue weighted by Crippen LogP contribution is 2.13. The summed E-state index contributed by atoms with van der Waals surface area (Å²) >= 11 is 0. The van der Waals surface area contributed by atoms with E-state index in [4.69, 9.17) is 4.74 Å². The minimum Gasteiger partial charge on any atom is -0.493 e. The molecule has 0 bridgehead atoms. The lowest BCUT2D eigenvalue weighted by Gasteiger charge is -2.05. The van der Waals surface area contributed by atoms with Gasteiger partial charge >= 0.3 is 0 Å². The topological polar surface area (TPSA) is 56.3 Å². The van der Waals surface area contributed by atoms with E-state index in [2.05, 4.69) is 11.6 Å². The van der Waals surface area contributed by atoms with Crippen molar-refractivity contribution in [1.29, 1.82) is 0 Å². The third-order valence-electron chi connectivity index (χ3n) is 1.90. The van der Waals surface area contributed by atoms with E-state index >= 15 is 0 Å². The van der Waals surface area contributed by atoms with Crippen LogP contribution >= 0.6 is 0 Å². The van der Waals surface area contributed by atoms with Crippen LogP contribution in [0.15, 0.2) is 24.8 Å². The molecular formula is C12H13NO3. The summed E-state index contributed by atoms with van der Waals surface area (Å²) in [6, 6.07) is 3.02. The van der Waals surface area contributed by atoms with Gasteiger partial charge in [0, 0.05) is 12.1 Å². The summed E-state index contributed by atoms with van der Waals surface area (Å²) in [6.45, 7) is 4.12. The quantitative estimate of drug-likeness (QED) is 0.400. The van der Waals surface area contributed by atoms with Crippen molar-refractivity contribution in [2.75, 3.05) is 6.61 Å². The molecule has 1 aromatic heterocycles. The molecule has 0 saturated carbocycles. The van der Waals surface area contributed by atoms with Crippen LogP contribution in [-0.2, 0) is 0 Å². The van der Waals surface area contributed by atoms with Gasteiger partial charge in [0.05, 0.1) is 6.61 Å². The molecule has 84 valence electrons. The van der Waals surface area contributed by atoms with Crippen LogP contribution in [0.2, 0.25) is 0 Å². The summed E-state index contributed by atoms with van der Waals surface area (Å²) in [6.07, 6.45) is 4.70. The summed E-state index contributed by atoms with van der Waals surface area (Å²) < 4.78 is 5.39. The molecule has 0 aliphatic rings. The minimum atomic E-state index is 0.198. The van der Waals surface area contributed by atoms with Gasteiger partial charge in [-0.15, -0.1) is 6.58 Å². The number of nitrogens with zero attached hydrogens (tertiary/aromatic N) is 1. The zero-order valence-electron chi connectivity index (χ0n) is 8.89. The molecule has 0 unspecified atom stereocenters. The summed E-state index contributed by atoms with van der Waals surface area (Å²) in [5, 5.41) is 0. The Bertz CT molecular complexity index is 362. The minimum absolute atomic E-state index is 0.198. The lowest BCUT2D eigenvalue weighted by Crippen LogP contribution is -2.00. The number of aldehydes is 2. The smallest absolute Gasteiger partial charge is 0.168 e. The van der Waals surface area contributed by atoms with Crippen LogP contribution in [0.25, 0.3) is 0 Å². The summed E-state index contributed by atoms with van der Waals surface area (Å²) in [5.74, 6) is 0.489. The monoisotopic (exact) mass is 219 g/mol. The molecule has 1 heterocycles. The number of aromatic nitrogens is 1. The average Bonchev–Trinajstić information content (AvgIpc) is 2.34. The van der Waals surface area contributed by atoms with Gasteiger partial charge in [0.2, 0.25) is 0 Å². The summed E-state index contributed by atoms with van der Waals surface area (Å²) in [4.78, 5) is 24.9. The van der Waals surface area contributed by atoms with E-state index in [1.54, 1.807) is 0 Å². The molecule has 0 aliphatic carbocycles. The third-order valence-corrected chi connectivity index (χ3v) is 1.90. The van der Waals surface area contributed by atoms with Crippen molar-refractivity contribution in [1.82, 2.24) is 4.98 Å². The first-order valence-electron chi connectivity index (χ1n) is 4.96. The second-order valence-corrected chi connectivity index (χ2v) is 3.17. The van der Waals surface area contributed by atoms with Crippen LogP contribution in [0.1, 0.15) is 33.8 Å². The van der Waals surface area contributed by atoms with Crippen LogP contribution in [0, 0.1) is 0 Å².